The van der Waals surface area contributed by atoms with E-state index in [-0.39, 0.29) is 0 Å². The van der Waals surface area contributed by atoms with Gasteiger partial charge in [-0.2, -0.15) is 0 Å². The zero-order valence-electron chi connectivity index (χ0n) is 19.9. The standard InChI is InChI=1S/C25H37N5O3/c1-19-14-21(26-17-20-6-12-32-13-7-20)15-25(28-19)29-24-16-22(23(31-2)18-27-24)33-11-5-10-30-8-3-4-9-30/h14-16,18,20H,3-13,17H2,1-2H3,(H2,26,27,28,29). The molecular formula is C25H37N5O3. The van der Waals surface area contributed by atoms with Gasteiger partial charge in [0.15, 0.2) is 11.5 Å². The molecule has 2 aliphatic heterocycles. The molecule has 33 heavy (non-hydrogen) atoms. The molecule has 0 bridgehead atoms. The fourth-order valence-corrected chi connectivity index (χ4v) is 4.41. The number of hydrogen-bond donors (Lipinski definition) is 2. The van der Waals surface area contributed by atoms with Crippen molar-refractivity contribution >= 4 is 17.3 Å². The van der Waals surface area contributed by atoms with Gasteiger partial charge in [0.1, 0.15) is 11.6 Å². The van der Waals surface area contributed by atoms with Crippen molar-refractivity contribution in [3.63, 3.8) is 0 Å². The maximum absolute atomic E-state index is 6.04. The highest BCUT2D eigenvalue weighted by atomic mass is 16.5. The van der Waals surface area contributed by atoms with Crippen LogP contribution in [0.3, 0.4) is 0 Å². The highest BCUT2D eigenvalue weighted by Gasteiger charge is 2.14. The predicted octanol–water partition coefficient (Wildman–Crippen LogP) is 4.24. The van der Waals surface area contributed by atoms with Gasteiger partial charge in [0.05, 0.1) is 19.9 Å². The lowest BCUT2D eigenvalue weighted by Gasteiger charge is -2.23. The molecule has 0 radical (unpaired) electrons. The average Bonchev–Trinajstić information content (AvgIpc) is 3.35. The molecule has 2 aliphatic rings. The second-order valence-corrected chi connectivity index (χ2v) is 8.92. The van der Waals surface area contributed by atoms with Crippen molar-refractivity contribution in [2.75, 3.05) is 63.7 Å². The number of aromatic nitrogens is 2. The van der Waals surface area contributed by atoms with Gasteiger partial charge in [0.25, 0.3) is 0 Å². The summed E-state index contributed by atoms with van der Waals surface area (Å²) in [6, 6.07) is 5.98. The zero-order valence-corrected chi connectivity index (χ0v) is 19.9. The first kappa shape index (κ1) is 23.6. The fraction of sp³-hybridized carbons (Fsp3) is 0.600. The van der Waals surface area contributed by atoms with Crippen LogP contribution < -0.4 is 20.1 Å². The lowest BCUT2D eigenvalue weighted by Crippen LogP contribution is -2.22. The van der Waals surface area contributed by atoms with Crippen LogP contribution in [0, 0.1) is 12.8 Å². The Kier molecular flexibility index (Phi) is 8.60. The van der Waals surface area contributed by atoms with Crippen LogP contribution in [-0.2, 0) is 4.74 Å². The minimum absolute atomic E-state index is 0.637. The van der Waals surface area contributed by atoms with E-state index in [1.54, 1.807) is 13.3 Å². The molecule has 2 saturated heterocycles. The second-order valence-electron chi connectivity index (χ2n) is 8.92. The van der Waals surface area contributed by atoms with Gasteiger partial charge >= 0.3 is 0 Å². The maximum atomic E-state index is 6.04. The molecule has 4 rings (SSSR count). The number of methoxy groups -OCH3 is 1. The van der Waals surface area contributed by atoms with Crippen molar-refractivity contribution in [2.45, 2.75) is 39.0 Å². The van der Waals surface area contributed by atoms with Gasteiger partial charge in [0, 0.05) is 49.8 Å². The van der Waals surface area contributed by atoms with Gasteiger partial charge in [0.2, 0.25) is 0 Å². The summed E-state index contributed by atoms with van der Waals surface area (Å²) in [7, 11) is 1.64. The zero-order chi connectivity index (χ0) is 22.9. The largest absolute Gasteiger partial charge is 0.491 e. The van der Waals surface area contributed by atoms with Gasteiger partial charge in [-0.15, -0.1) is 0 Å². The first-order chi connectivity index (χ1) is 16.2. The van der Waals surface area contributed by atoms with Crippen molar-refractivity contribution in [3.8, 4) is 11.5 Å². The molecule has 0 unspecified atom stereocenters. The third kappa shape index (κ3) is 7.20. The average molecular weight is 456 g/mol. The molecule has 0 atom stereocenters. The highest BCUT2D eigenvalue weighted by molar-refractivity contribution is 5.61. The summed E-state index contributed by atoms with van der Waals surface area (Å²) in [5, 5.41) is 6.89. The highest BCUT2D eigenvalue weighted by Crippen LogP contribution is 2.30. The van der Waals surface area contributed by atoms with Crippen molar-refractivity contribution in [1.82, 2.24) is 14.9 Å². The van der Waals surface area contributed by atoms with Crippen LogP contribution in [-0.4, -0.2) is 68.0 Å². The van der Waals surface area contributed by atoms with Crippen LogP contribution in [0.2, 0.25) is 0 Å². The lowest BCUT2D eigenvalue weighted by atomic mass is 10.0. The van der Waals surface area contributed by atoms with Crippen molar-refractivity contribution in [3.05, 3.63) is 30.1 Å². The normalized spacial score (nSPS) is 17.2. The minimum Gasteiger partial charge on any atom is -0.491 e. The monoisotopic (exact) mass is 455 g/mol. The summed E-state index contributed by atoms with van der Waals surface area (Å²) < 4.78 is 17.0. The van der Waals surface area contributed by atoms with E-state index in [9.17, 15) is 0 Å². The van der Waals surface area contributed by atoms with Crippen LogP contribution in [0.4, 0.5) is 17.3 Å². The van der Waals surface area contributed by atoms with E-state index in [1.165, 1.54) is 25.9 Å². The smallest absolute Gasteiger partial charge is 0.179 e. The number of nitrogens with one attached hydrogen (secondary N) is 2. The first-order valence-electron chi connectivity index (χ1n) is 12.2. The number of rotatable bonds is 11. The quantitative estimate of drug-likeness (QED) is 0.487. The van der Waals surface area contributed by atoms with E-state index in [1.807, 2.05) is 19.1 Å². The Bertz CT molecular complexity index is 882. The number of anilines is 3. The molecule has 2 fully saturated rings. The molecule has 8 heteroatoms. The SMILES string of the molecule is COc1cnc(Nc2cc(NCC3CCOCC3)cc(C)n2)cc1OCCCN1CCCC1. The molecule has 2 N–H and O–H groups in total. The van der Waals surface area contributed by atoms with Crippen LogP contribution in [0.25, 0.3) is 0 Å². The van der Waals surface area contributed by atoms with Crippen molar-refractivity contribution in [1.29, 1.82) is 0 Å². The summed E-state index contributed by atoms with van der Waals surface area (Å²) in [6.45, 7) is 8.82. The topological polar surface area (TPSA) is 80.8 Å². The van der Waals surface area contributed by atoms with Crippen LogP contribution in [0.1, 0.15) is 37.8 Å². The number of nitrogens with zero attached hydrogens (tertiary/aromatic N) is 3. The number of likely N-dealkylation sites (tertiary alicyclic amines) is 1. The summed E-state index contributed by atoms with van der Waals surface area (Å²) >= 11 is 0. The summed E-state index contributed by atoms with van der Waals surface area (Å²) in [4.78, 5) is 11.6. The minimum atomic E-state index is 0.637. The van der Waals surface area contributed by atoms with E-state index in [2.05, 4.69) is 31.6 Å². The van der Waals surface area contributed by atoms with E-state index in [0.717, 1.165) is 62.8 Å². The molecule has 0 spiro atoms. The number of aryl methyl sites for hydroxylation is 1. The van der Waals surface area contributed by atoms with Gasteiger partial charge in [-0.25, -0.2) is 9.97 Å². The molecule has 8 nitrogen and oxygen atoms in total. The summed E-state index contributed by atoms with van der Waals surface area (Å²) in [6.07, 6.45) is 7.53. The first-order valence-corrected chi connectivity index (χ1v) is 12.2. The summed E-state index contributed by atoms with van der Waals surface area (Å²) in [5.41, 5.74) is 2.00. The van der Waals surface area contributed by atoms with Crippen LogP contribution >= 0.6 is 0 Å². The predicted molar refractivity (Wildman–Crippen MR) is 131 cm³/mol. The Morgan fingerprint density at radius 1 is 1.09 bits per heavy atom. The molecule has 0 saturated carbocycles. The molecule has 0 amide bonds. The molecule has 0 aliphatic carbocycles. The Morgan fingerprint density at radius 2 is 1.91 bits per heavy atom. The molecule has 180 valence electrons. The number of hydrogen-bond acceptors (Lipinski definition) is 8. The van der Waals surface area contributed by atoms with E-state index < -0.39 is 0 Å². The van der Waals surface area contributed by atoms with E-state index >= 15 is 0 Å². The molecule has 2 aromatic rings. The maximum Gasteiger partial charge on any atom is 0.179 e. The van der Waals surface area contributed by atoms with Crippen LogP contribution in [0.5, 0.6) is 11.5 Å². The fourth-order valence-electron chi connectivity index (χ4n) is 4.41. The van der Waals surface area contributed by atoms with Gasteiger partial charge < -0.3 is 29.7 Å². The molecular weight excluding hydrogens is 418 g/mol. The van der Waals surface area contributed by atoms with Crippen LogP contribution in [0.15, 0.2) is 24.4 Å². The molecule has 2 aromatic heterocycles. The van der Waals surface area contributed by atoms with Gasteiger partial charge in [-0.3, -0.25) is 0 Å². The Balaban J connectivity index is 1.35. The Hall–Kier alpha value is -2.58. The van der Waals surface area contributed by atoms with E-state index in [0.29, 0.717) is 29.8 Å². The van der Waals surface area contributed by atoms with Gasteiger partial charge in [-0.05, 0) is 64.1 Å². The molecule has 0 aromatic carbocycles. The third-order valence-electron chi connectivity index (χ3n) is 6.27. The third-order valence-corrected chi connectivity index (χ3v) is 6.27. The Labute approximate surface area is 197 Å². The number of ether oxygens (including phenoxy) is 3. The molecule has 4 heterocycles. The van der Waals surface area contributed by atoms with Crippen molar-refractivity contribution < 1.29 is 14.2 Å². The Morgan fingerprint density at radius 3 is 2.70 bits per heavy atom. The number of pyridine rings is 2. The lowest BCUT2D eigenvalue weighted by molar-refractivity contribution is 0.0699. The second kappa shape index (κ2) is 12.0. The van der Waals surface area contributed by atoms with Crippen molar-refractivity contribution in [2.24, 2.45) is 5.92 Å². The van der Waals surface area contributed by atoms with Gasteiger partial charge in [-0.1, -0.05) is 0 Å². The summed E-state index contributed by atoms with van der Waals surface area (Å²) in [5.74, 6) is 3.41. The van der Waals surface area contributed by atoms with E-state index in [4.69, 9.17) is 14.2 Å².